The molecule has 1 saturated heterocycles. The molecule has 210 valence electrons. The van der Waals surface area contributed by atoms with Crippen molar-refractivity contribution in [2.24, 2.45) is 11.3 Å². The molecule has 5 nitrogen and oxygen atoms in total. The molecular formula is C31H38Cl2FN3O2. The number of fused-ring (bicyclic) bond motifs is 2. The molecule has 3 aliphatic rings. The van der Waals surface area contributed by atoms with Gasteiger partial charge in [-0.15, -0.1) is 0 Å². The number of rotatable bonds is 6. The van der Waals surface area contributed by atoms with E-state index in [1.54, 1.807) is 24.3 Å². The van der Waals surface area contributed by atoms with E-state index in [0.717, 1.165) is 12.0 Å². The molecule has 0 bridgehead atoms. The van der Waals surface area contributed by atoms with E-state index in [1.807, 2.05) is 6.07 Å². The van der Waals surface area contributed by atoms with E-state index < -0.39 is 29.2 Å². The third-order valence-corrected chi connectivity index (χ3v) is 9.32. The minimum Gasteiger partial charge on any atom is -0.355 e. The molecule has 2 aromatic rings. The lowest BCUT2D eigenvalue weighted by atomic mass is 9.62. The summed E-state index contributed by atoms with van der Waals surface area (Å²) in [5, 5.41) is 10.1. The van der Waals surface area contributed by atoms with Crippen molar-refractivity contribution >= 4 is 40.7 Å². The summed E-state index contributed by atoms with van der Waals surface area (Å²) in [5.41, 5.74) is 0.171. The summed E-state index contributed by atoms with van der Waals surface area (Å²) in [6.07, 6.45) is 7.69. The fourth-order valence-electron chi connectivity index (χ4n) is 7.14. The van der Waals surface area contributed by atoms with Crippen molar-refractivity contribution in [3.63, 3.8) is 0 Å². The summed E-state index contributed by atoms with van der Waals surface area (Å²) in [5.74, 6) is -1.28. The highest BCUT2D eigenvalue weighted by Crippen LogP contribution is 2.57. The van der Waals surface area contributed by atoms with Crippen LogP contribution in [0, 0.1) is 17.2 Å². The monoisotopic (exact) mass is 573 g/mol. The predicted molar refractivity (Wildman–Crippen MR) is 155 cm³/mol. The Morgan fingerprint density at radius 1 is 1.13 bits per heavy atom. The van der Waals surface area contributed by atoms with Crippen molar-refractivity contribution in [1.82, 2.24) is 10.6 Å². The number of carbonyl (C=O) groups is 2. The van der Waals surface area contributed by atoms with Gasteiger partial charge < -0.3 is 16.0 Å². The van der Waals surface area contributed by atoms with E-state index in [2.05, 4.69) is 36.7 Å². The van der Waals surface area contributed by atoms with Crippen molar-refractivity contribution in [2.45, 2.75) is 89.1 Å². The van der Waals surface area contributed by atoms with E-state index in [0.29, 0.717) is 29.6 Å². The molecule has 5 rings (SSSR count). The second-order valence-corrected chi connectivity index (χ2v) is 13.5. The van der Waals surface area contributed by atoms with Crippen molar-refractivity contribution in [1.29, 1.82) is 0 Å². The van der Waals surface area contributed by atoms with E-state index in [4.69, 9.17) is 23.2 Å². The summed E-state index contributed by atoms with van der Waals surface area (Å²) in [6, 6.07) is 8.87. The van der Waals surface area contributed by atoms with Crippen LogP contribution in [0.1, 0.15) is 82.8 Å². The Hall–Kier alpha value is -2.15. The largest absolute Gasteiger partial charge is 0.355 e. The van der Waals surface area contributed by atoms with Crippen LogP contribution in [0.4, 0.5) is 10.1 Å². The zero-order chi connectivity index (χ0) is 27.9. The van der Waals surface area contributed by atoms with Crippen LogP contribution in [0.5, 0.6) is 0 Å². The van der Waals surface area contributed by atoms with E-state index in [9.17, 15) is 9.59 Å². The lowest BCUT2D eigenvalue weighted by Crippen LogP contribution is -2.49. The number of nitrogens with one attached hydrogen (secondary N) is 3. The summed E-state index contributed by atoms with van der Waals surface area (Å²) in [4.78, 5) is 28.1. The fourth-order valence-corrected chi connectivity index (χ4v) is 7.49. The van der Waals surface area contributed by atoms with Gasteiger partial charge in [-0.3, -0.25) is 9.59 Å². The van der Waals surface area contributed by atoms with Gasteiger partial charge in [0.1, 0.15) is 11.2 Å². The molecule has 3 N–H and O–H groups in total. The normalized spacial score (nSPS) is 27.0. The zero-order valence-corrected chi connectivity index (χ0v) is 24.4. The molecule has 0 unspecified atom stereocenters. The van der Waals surface area contributed by atoms with E-state index in [1.165, 1.54) is 38.2 Å². The number of hydrogen-bond donors (Lipinski definition) is 3. The molecule has 4 atom stereocenters. The zero-order valence-electron chi connectivity index (χ0n) is 22.9. The van der Waals surface area contributed by atoms with Crippen LogP contribution in [-0.2, 0) is 15.0 Å². The lowest BCUT2D eigenvalue weighted by molar-refractivity contribution is -0.123. The van der Waals surface area contributed by atoms with Gasteiger partial charge in [-0.25, -0.2) is 4.39 Å². The maximum Gasteiger partial charge on any atom is 0.237 e. The molecule has 1 aliphatic carbocycles. The van der Waals surface area contributed by atoms with Crippen LogP contribution < -0.4 is 16.0 Å². The highest BCUT2D eigenvalue weighted by atomic mass is 35.5. The number of hydrogen-bond acceptors (Lipinski definition) is 3. The van der Waals surface area contributed by atoms with Crippen LogP contribution in [0.2, 0.25) is 10.0 Å². The highest BCUT2D eigenvalue weighted by Gasteiger charge is 2.66. The molecule has 2 aromatic carbocycles. The topological polar surface area (TPSA) is 70.2 Å². The second-order valence-electron chi connectivity index (χ2n) is 12.7. The molecule has 1 saturated carbocycles. The Balaban J connectivity index is 1.59. The minimum atomic E-state index is -1.23. The third-order valence-electron chi connectivity index (χ3n) is 8.80. The number of carbonyl (C=O) groups excluding carboxylic acids is 2. The first-order valence-corrected chi connectivity index (χ1v) is 14.9. The highest BCUT2D eigenvalue weighted by molar-refractivity contribution is 6.31. The van der Waals surface area contributed by atoms with Crippen LogP contribution in [0.3, 0.4) is 0 Å². The SMILES string of the molecule is CC(C)(C)C[C@H]1N[C@@H](C(=O)NCCC2CCCCC2)[C@H](c2cccc(Cl)c2F)[C@@]12C(=O)Nc1cc(Cl)ccc12. The Morgan fingerprint density at radius 2 is 1.87 bits per heavy atom. The maximum atomic E-state index is 15.8. The standard InChI is InChI=1S/C31H38Cl2FN3O2/c1-30(2,3)17-24-31(21-13-12-19(32)16-23(21)36-29(31)39)25(20-10-7-11-22(33)26(20)34)27(37-24)28(38)35-15-14-18-8-5-4-6-9-18/h7,10-13,16,18,24-25,27,37H,4-6,8-9,14-15,17H2,1-3H3,(H,35,38)(H,36,39)/t24-,25+,27-,31+/m1/s1. The first kappa shape index (κ1) is 28.4. The quantitative estimate of drug-likeness (QED) is 0.349. The van der Waals surface area contributed by atoms with Gasteiger partial charge in [-0.1, -0.05) is 94.3 Å². The van der Waals surface area contributed by atoms with Crippen LogP contribution >= 0.6 is 23.2 Å². The molecule has 1 spiro atoms. The molecule has 2 heterocycles. The lowest BCUT2D eigenvalue weighted by Gasteiger charge is -2.37. The average molecular weight is 575 g/mol. The van der Waals surface area contributed by atoms with Crippen molar-refractivity contribution in [2.75, 3.05) is 11.9 Å². The molecule has 0 radical (unpaired) electrons. The predicted octanol–water partition coefficient (Wildman–Crippen LogP) is 6.97. The van der Waals surface area contributed by atoms with Crippen LogP contribution in [0.15, 0.2) is 36.4 Å². The molecule has 2 fully saturated rings. The van der Waals surface area contributed by atoms with Gasteiger partial charge in [-0.05, 0) is 53.5 Å². The molecule has 2 aliphatic heterocycles. The first-order chi connectivity index (χ1) is 18.5. The van der Waals surface area contributed by atoms with Gasteiger partial charge in [0.05, 0.1) is 11.1 Å². The van der Waals surface area contributed by atoms with Crippen molar-refractivity contribution < 1.29 is 14.0 Å². The Labute approximate surface area is 240 Å². The second kappa shape index (κ2) is 11.0. The molecular weight excluding hydrogens is 536 g/mol. The average Bonchev–Trinajstić information content (AvgIpc) is 3.35. The summed E-state index contributed by atoms with van der Waals surface area (Å²) in [6.45, 7) is 6.86. The number of benzene rings is 2. The maximum absolute atomic E-state index is 15.8. The van der Waals surface area contributed by atoms with Gasteiger partial charge in [0.25, 0.3) is 0 Å². The van der Waals surface area contributed by atoms with Gasteiger partial charge in [0.2, 0.25) is 11.8 Å². The Kier molecular flexibility index (Phi) is 8.02. The molecule has 39 heavy (non-hydrogen) atoms. The number of halogens is 3. The minimum absolute atomic E-state index is 0.0342. The van der Waals surface area contributed by atoms with Crippen LogP contribution in [0.25, 0.3) is 0 Å². The van der Waals surface area contributed by atoms with E-state index in [-0.39, 0.29) is 27.8 Å². The third kappa shape index (κ3) is 5.32. The Morgan fingerprint density at radius 3 is 2.59 bits per heavy atom. The van der Waals surface area contributed by atoms with Gasteiger partial charge in [0.15, 0.2) is 0 Å². The van der Waals surface area contributed by atoms with Crippen molar-refractivity contribution in [3.05, 3.63) is 63.4 Å². The van der Waals surface area contributed by atoms with E-state index >= 15 is 4.39 Å². The number of anilines is 1. The van der Waals surface area contributed by atoms with Crippen LogP contribution in [-0.4, -0.2) is 30.4 Å². The molecule has 2 amide bonds. The van der Waals surface area contributed by atoms with Gasteiger partial charge in [-0.2, -0.15) is 0 Å². The Bertz CT molecular complexity index is 1260. The summed E-state index contributed by atoms with van der Waals surface area (Å²) in [7, 11) is 0. The molecule has 8 heteroatoms. The fraction of sp³-hybridized carbons (Fsp3) is 0.548. The van der Waals surface area contributed by atoms with Crippen molar-refractivity contribution in [3.8, 4) is 0 Å². The van der Waals surface area contributed by atoms with Gasteiger partial charge in [0, 0.05) is 29.2 Å². The van der Waals surface area contributed by atoms with Gasteiger partial charge >= 0.3 is 0 Å². The summed E-state index contributed by atoms with van der Waals surface area (Å²) >= 11 is 12.6. The number of amides is 2. The smallest absolute Gasteiger partial charge is 0.237 e. The first-order valence-electron chi connectivity index (χ1n) is 14.1. The summed E-state index contributed by atoms with van der Waals surface area (Å²) < 4.78 is 15.8. The molecule has 0 aromatic heterocycles.